The Balaban J connectivity index is 2.48. The zero-order valence-corrected chi connectivity index (χ0v) is 12.5. The van der Waals surface area contributed by atoms with Crippen LogP contribution in [0.5, 0.6) is 0 Å². The Morgan fingerprint density at radius 3 is 2.00 bits per heavy atom. The van der Waals surface area contributed by atoms with Crippen LogP contribution in [0.3, 0.4) is 0 Å². The average molecular weight is 238 g/mol. The summed E-state index contributed by atoms with van der Waals surface area (Å²) in [5, 5.41) is 0. The summed E-state index contributed by atoms with van der Waals surface area (Å²) in [6, 6.07) is 0. The van der Waals surface area contributed by atoms with Gasteiger partial charge >= 0.3 is 0 Å². The van der Waals surface area contributed by atoms with Crippen LogP contribution in [0.25, 0.3) is 0 Å². The molecule has 102 valence electrons. The Kier molecular flexibility index (Phi) is 7.97. The lowest BCUT2D eigenvalue weighted by atomic mass is 9.77. The van der Waals surface area contributed by atoms with Crippen LogP contribution in [0.4, 0.5) is 0 Å². The van der Waals surface area contributed by atoms with Crippen molar-refractivity contribution in [1.82, 2.24) is 0 Å². The molecule has 0 radical (unpaired) electrons. The van der Waals surface area contributed by atoms with E-state index < -0.39 is 0 Å². The molecular formula is C17H34. The lowest BCUT2D eigenvalue weighted by molar-refractivity contribution is 0.234. The van der Waals surface area contributed by atoms with Crippen LogP contribution in [0.15, 0.2) is 0 Å². The van der Waals surface area contributed by atoms with Gasteiger partial charge in [0.2, 0.25) is 0 Å². The lowest BCUT2D eigenvalue weighted by Gasteiger charge is -2.28. The van der Waals surface area contributed by atoms with Gasteiger partial charge in [-0.05, 0) is 17.8 Å². The van der Waals surface area contributed by atoms with E-state index in [0.717, 1.165) is 17.8 Å². The fourth-order valence-electron chi connectivity index (χ4n) is 3.82. The topological polar surface area (TPSA) is 0 Å². The third kappa shape index (κ3) is 5.44. The number of hydrogen-bond acceptors (Lipinski definition) is 0. The first-order valence-electron chi connectivity index (χ1n) is 8.31. The van der Waals surface area contributed by atoms with Crippen molar-refractivity contribution in [3.63, 3.8) is 0 Å². The Labute approximate surface area is 110 Å². The first-order valence-corrected chi connectivity index (χ1v) is 8.31. The van der Waals surface area contributed by atoms with Crippen LogP contribution < -0.4 is 0 Å². The molecular weight excluding hydrogens is 204 g/mol. The van der Waals surface area contributed by atoms with Crippen LogP contribution in [0.2, 0.25) is 0 Å². The van der Waals surface area contributed by atoms with Crippen molar-refractivity contribution in [1.29, 1.82) is 0 Å². The molecule has 0 spiro atoms. The Bertz CT molecular complexity index is 173. The third-order valence-corrected chi connectivity index (χ3v) is 5.05. The predicted molar refractivity (Wildman–Crippen MR) is 78.3 cm³/mol. The van der Waals surface area contributed by atoms with Gasteiger partial charge in [0, 0.05) is 0 Å². The SMILES string of the molecule is CCCC1CCCCC(CC)CCCC1CC. The Morgan fingerprint density at radius 2 is 1.35 bits per heavy atom. The van der Waals surface area contributed by atoms with Gasteiger partial charge in [-0.25, -0.2) is 0 Å². The molecule has 3 atom stereocenters. The van der Waals surface area contributed by atoms with Gasteiger partial charge in [0.1, 0.15) is 0 Å². The van der Waals surface area contributed by atoms with Crippen molar-refractivity contribution in [3.05, 3.63) is 0 Å². The summed E-state index contributed by atoms with van der Waals surface area (Å²) in [5.74, 6) is 3.11. The van der Waals surface area contributed by atoms with Crippen molar-refractivity contribution in [3.8, 4) is 0 Å². The molecule has 1 aliphatic rings. The van der Waals surface area contributed by atoms with E-state index in [0.29, 0.717) is 0 Å². The minimum atomic E-state index is 1.03. The normalized spacial score (nSPS) is 32.3. The van der Waals surface area contributed by atoms with E-state index in [1.807, 2.05) is 0 Å². The molecule has 0 saturated heterocycles. The van der Waals surface area contributed by atoms with Crippen molar-refractivity contribution in [2.75, 3.05) is 0 Å². The van der Waals surface area contributed by atoms with Crippen LogP contribution in [0, 0.1) is 17.8 Å². The summed E-state index contributed by atoms with van der Waals surface area (Å²) < 4.78 is 0. The molecule has 0 aromatic heterocycles. The van der Waals surface area contributed by atoms with E-state index in [-0.39, 0.29) is 0 Å². The smallest absolute Gasteiger partial charge is 0.0386 e. The summed E-state index contributed by atoms with van der Waals surface area (Å²) in [6.07, 6.45) is 16.2. The quantitative estimate of drug-likeness (QED) is 0.547. The fourth-order valence-corrected chi connectivity index (χ4v) is 3.82. The van der Waals surface area contributed by atoms with E-state index in [9.17, 15) is 0 Å². The van der Waals surface area contributed by atoms with Gasteiger partial charge in [-0.15, -0.1) is 0 Å². The molecule has 0 heterocycles. The highest BCUT2D eigenvalue weighted by atomic mass is 14.3. The van der Waals surface area contributed by atoms with E-state index in [1.165, 1.54) is 70.6 Å². The molecule has 0 N–H and O–H groups in total. The van der Waals surface area contributed by atoms with E-state index in [1.54, 1.807) is 0 Å². The molecule has 1 saturated carbocycles. The molecule has 0 aromatic rings. The second-order valence-corrected chi connectivity index (χ2v) is 6.21. The highest BCUT2D eigenvalue weighted by Gasteiger charge is 2.20. The molecule has 3 unspecified atom stereocenters. The second kappa shape index (κ2) is 9.00. The molecule has 0 nitrogen and oxygen atoms in total. The minimum absolute atomic E-state index is 1.03. The van der Waals surface area contributed by atoms with E-state index in [4.69, 9.17) is 0 Å². The van der Waals surface area contributed by atoms with Gasteiger partial charge in [-0.3, -0.25) is 0 Å². The average Bonchev–Trinajstić information content (AvgIpc) is 2.36. The molecule has 0 bridgehead atoms. The molecule has 17 heavy (non-hydrogen) atoms. The van der Waals surface area contributed by atoms with Crippen LogP contribution in [-0.2, 0) is 0 Å². The van der Waals surface area contributed by atoms with Crippen molar-refractivity contribution in [2.45, 2.75) is 91.4 Å². The number of hydrogen-bond donors (Lipinski definition) is 0. The molecule has 0 amide bonds. The summed E-state index contributed by atoms with van der Waals surface area (Å²) in [4.78, 5) is 0. The summed E-state index contributed by atoms with van der Waals surface area (Å²) >= 11 is 0. The van der Waals surface area contributed by atoms with Crippen LogP contribution in [-0.4, -0.2) is 0 Å². The molecule has 1 fully saturated rings. The third-order valence-electron chi connectivity index (χ3n) is 5.05. The zero-order chi connectivity index (χ0) is 12.5. The highest BCUT2D eigenvalue weighted by Crippen LogP contribution is 2.33. The fraction of sp³-hybridized carbons (Fsp3) is 1.00. The maximum Gasteiger partial charge on any atom is -0.0386 e. The Morgan fingerprint density at radius 1 is 0.706 bits per heavy atom. The summed E-state index contributed by atoms with van der Waals surface area (Å²) in [5.41, 5.74) is 0. The Hall–Kier alpha value is 0. The van der Waals surface area contributed by atoms with Gasteiger partial charge in [-0.2, -0.15) is 0 Å². The monoisotopic (exact) mass is 238 g/mol. The van der Waals surface area contributed by atoms with Gasteiger partial charge in [0.05, 0.1) is 0 Å². The van der Waals surface area contributed by atoms with Gasteiger partial charge in [-0.1, -0.05) is 91.4 Å². The first-order chi connectivity index (χ1) is 8.31. The zero-order valence-electron chi connectivity index (χ0n) is 12.5. The molecule has 1 aliphatic carbocycles. The van der Waals surface area contributed by atoms with Gasteiger partial charge in [0.25, 0.3) is 0 Å². The summed E-state index contributed by atoms with van der Waals surface area (Å²) in [7, 11) is 0. The van der Waals surface area contributed by atoms with Gasteiger partial charge in [0.15, 0.2) is 0 Å². The van der Waals surface area contributed by atoms with E-state index >= 15 is 0 Å². The first kappa shape index (κ1) is 15.1. The molecule has 1 rings (SSSR count). The largest absolute Gasteiger partial charge is 0.0654 e. The van der Waals surface area contributed by atoms with Crippen LogP contribution in [0.1, 0.15) is 91.4 Å². The van der Waals surface area contributed by atoms with Crippen molar-refractivity contribution < 1.29 is 0 Å². The van der Waals surface area contributed by atoms with Crippen molar-refractivity contribution in [2.24, 2.45) is 17.8 Å². The molecule has 0 aromatic carbocycles. The van der Waals surface area contributed by atoms with Crippen LogP contribution >= 0.6 is 0 Å². The van der Waals surface area contributed by atoms with Crippen molar-refractivity contribution >= 4 is 0 Å². The lowest BCUT2D eigenvalue weighted by Crippen LogP contribution is -2.16. The van der Waals surface area contributed by atoms with E-state index in [2.05, 4.69) is 20.8 Å². The number of rotatable bonds is 4. The summed E-state index contributed by atoms with van der Waals surface area (Å²) in [6.45, 7) is 7.16. The maximum atomic E-state index is 2.41. The molecule has 0 aliphatic heterocycles. The predicted octanol–water partition coefficient (Wildman–Crippen LogP) is 6.20. The standard InChI is InChI=1S/C17H34/c1-4-10-17-13-8-7-11-15(5-2)12-9-14-16(17)6-3/h15-17H,4-14H2,1-3H3. The second-order valence-electron chi connectivity index (χ2n) is 6.21. The maximum absolute atomic E-state index is 2.41. The highest BCUT2D eigenvalue weighted by molar-refractivity contribution is 4.72. The van der Waals surface area contributed by atoms with Gasteiger partial charge < -0.3 is 0 Å². The molecule has 0 heteroatoms. The minimum Gasteiger partial charge on any atom is -0.0654 e.